The third-order valence-electron chi connectivity index (χ3n) is 3.79. The van der Waals surface area contributed by atoms with Gasteiger partial charge in [0.05, 0.1) is 0 Å². The van der Waals surface area contributed by atoms with Crippen LogP contribution in [-0.4, -0.2) is 39.0 Å². The second kappa shape index (κ2) is 4.86. The molecule has 0 saturated carbocycles. The van der Waals surface area contributed by atoms with Crippen molar-refractivity contribution in [3.8, 4) is 0 Å². The van der Waals surface area contributed by atoms with E-state index in [1.165, 1.54) is 11.3 Å². The highest BCUT2D eigenvalue weighted by Crippen LogP contribution is 2.31. The lowest BCUT2D eigenvalue weighted by Crippen LogP contribution is -2.57. The molecule has 1 unspecified atom stereocenters. The molecule has 4 nitrogen and oxygen atoms in total. The Kier molecular flexibility index (Phi) is 3.53. The van der Waals surface area contributed by atoms with Crippen LogP contribution in [0.5, 0.6) is 0 Å². The summed E-state index contributed by atoms with van der Waals surface area (Å²) in [5, 5.41) is 1.79. The Hall–Kier alpha value is 0.0500. The van der Waals surface area contributed by atoms with Gasteiger partial charge < -0.3 is 4.90 Å². The number of sulfonamides is 1. The maximum Gasteiger partial charge on any atom is 0.251 e. The van der Waals surface area contributed by atoms with Gasteiger partial charge >= 0.3 is 0 Å². The van der Waals surface area contributed by atoms with Crippen LogP contribution in [0.15, 0.2) is 20.1 Å². The minimum absolute atomic E-state index is 0.0755. The number of thiophene rings is 1. The molecule has 1 N–H and O–H groups in total. The molecule has 3 aliphatic rings. The summed E-state index contributed by atoms with van der Waals surface area (Å²) in [5.74, 6) is 0.503. The number of halogens is 1. The summed E-state index contributed by atoms with van der Waals surface area (Å²) in [6.45, 7) is 3.09. The van der Waals surface area contributed by atoms with E-state index in [2.05, 4.69) is 25.6 Å². The van der Waals surface area contributed by atoms with E-state index < -0.39 is 10.0 Å². The highest BCUT2D eigenvalue weighted by Gasteiger charge is 2.37. The third kappa shape index (κ3) is 2.38. The maximum absolute atomic E-state index is 12.3. The second-order valence-electron chi connectivity index (χ2n) is 4.92. The van der Waals surface area contributed by atoms with Crippen LogP contribution < -0.4 is 4.72 Å². The zero-order chi connectivity index (χ0) is 12.8. The van der Waals surface area contributed by atoms with E-state index in [-0.39, 0.29) is 6.04 Å². The summed E-state index contributed by atoms with van der Waals surface area (Å²) in [6.07, 6.45) is 2.22. The van der Waals surface area contributed by atoms with Gasteiger partial charge in [-0.1, -0.05) is 0 Å². The Labute approximate surface area is 120 Å². The summed E-state index contributed by atoms with van der Waals surface area (Å²) in [7, 11) is -3.37. The molecule has 4 heterocycles. The molecular weight excluding hydrogens is 336 g/mol. The predicted molar refractivity (Wildman–Crippen MR) is 75.3 cm³/mol. The SMILES string of the molecule is O=S(=O)(NC1CN2CCC1CC2)c1sccc1Br. The summed E-state index contributed by atoms with van der Waals surface area (Å²) in [4.78, 5) is 2.34. The van der Waals surface area contributed by atoms with Crippen LogP contribution >= 0.6 is 27.3 Å². The van der Waals surface area contributed by atoms with E-state index in [0.717, 1.165) is 32.5 Å². The van der Waals surface area contributed by atoms with Crippen molar-refractivity contribution in [3.63, 3.8) is 0 Å². The number of hydrogen-bond donors (Lipinski definition) is 1. The third-order valence-corrected chi connectivity index (χ3v) is 7.95. The van der Waals surface area contributed by atoms with E-state index in [0.29, 0.717) is 14.6 Å². The zero-order valence-corrected chi connectivity index (χ0v) is 13.0. The number of hydrogen-bond acceptors (Lipinski definition) is 4. The number of fused-ring (bicyclic) bond motifs is 3. The quantitative estimate of drug-likeness (QED) is 0.905. The molecule has 4 rings (SSSR count). The molecule has 3 fully saturated rings. The molecule has 0 aromatic carbocycles. The number of nitrogens with zero attached hydrogens (tertiary/aromatic N) is 1. The van der Waals surface area contributed by atoms with E-state index >= 15 is 0 Å². The maximum atomic E-state index is 12.3. The molecule has 2 bridgehead atoms. The largest absolute Gasteiger partial charge is 0.302 e. The molecule has 1 aromatic rings. The van der Waals surface area contributed by atoms with Crippen molar-refractivity contribution in [3.05, 3.63) is 15.9 Å². The second-order valence-corrected chi connectivity index (χ2v) is 8.60. The monoisotopic (exact) mass is 350 g/mol. The Morgan fingerprint density at radius 3 is 2.61 bits per heavy atom. The van der Waals surface area contributed by atoms with Crippen LogP contribution in [0.1, 0.15) is 12.8 Å². The average Bonchev–Trinajstić information content (AvgIpc) is 2.77. The Morgan fingerprint density at radius 2 is 2.11 bits per heavy atom. The van der Waals surface area contributed by atoms with E-state index in [9.17, 15) is 8.42 Å². The smallest absolute Gasteiger partial charge is 0.251 e. The summed E-state index contributed by atoms with van der Waals surface area (Å²) in [6, 6.07) is 1.85. The van der Waals surface area contributed by atoms with Crippen LogP contribution in [0.3, 0.4) is 0 Å². The van der Waals surface area contributed by atoms with Crippen molar-refractivity contribution >= 4 is 37.3 Å². The van der Waals surface area contributed by atoms with Crippen molar-refractivity contribution in [1.82, 2.24) is 9.62 Å². The molecular formula is C11H15BrN2O2S2. The van der Waals surface area contributed by atoms with Crippen molar-refractivity contribution < 1.29 is 8.42 Å². The van der Waals surface area contributed by atoms with Gasteiger partial charge in [0.1, 0.15) is 4.21 Å². The Balaban J connectivity index is 1.79. The van der Waals surface area contributed by atoms with Gasteiger partial charge in [0.25, 0.3) is 10.0 Å². The van der Waals surface area contributed by atoms with Crippen LogP contribution in [0, 0.1) is 5.92 Å². The molecule has 1 atom stereocenters. The van der Waals surface area contributed by atoms with Crippen molar-refractivity contribution in [2.75, 3.05) is 19.6 Å². The van der Waals surface area contributed by atoms with Gasteiger partial charge in [-0.2, -0.15) is 0 Å². The average molecular weight is 351 g/mol. The highest BCUT2D eigenvalue weighted by atomic mass is 79.9. The number of piperidine rings is 3. The lowest BCUT2D eigenvalue weighted by Gasteiger charge is -2.44. The van der Waals surface area contributed by atoms with Crippen LogP contribution in [-0.2, 0) is 10.0 Å². The Morgan fingerprint density at radius 1 is 1.39 bits per heavy atom. The fourth-order valence-electron chi connectivity index (χ4n) is 2.82. The van der Waals surface area contributed by atoms with Gasteiger partial charge in [0, 0.05) is 17.1 Å². The van der Waals surface area contributed by atoms with Gasteiger partial charge in [-0.25, -0.2) is 13.1 Å². The predicted octanol–water partition coefficient (Wildman–Crippen LogP) is 1.88. The van der Waals surface area contributed by atoms with Crippen LogP contribution in [0.2, 0.25) is 0 Å². The summed E-state index contributed by atoms with van der Waals surface area (Å²) >= 11 is 4.54. The topological polar surface area (TPSA) is 49.4 Å². The minimum Gasteiger partial charge on any atom is -0.302 e. The first-order valence-electron chi connectivity index (χ1n) is 6.04. The first-order chi connectivity index (χ1) is 8.56. The first kappa shape index (κ1) is 13.1. The molecule has 0 radical (unpaired) electrons. The fraction of sp³-hybridized carbons (Fsp3) is 0.636. The lowest BCUT2D eigenvalue weighted by atomic mass is 9.85. The molecule has 100 valence electrons. The molecule has 3 saturated heterocycles. The summed E-state index contributed by atoms with van der Waals surface area (Å²) in [5.41, 5.74) is 0. The highest BCUT2D eigenvalue weighted by molar-refractivity contribution is 9.10. The molecule has 0 amide bonds. The van der Waals surface area contributed by atoms with Crippen molar-refractivity contribution in [1.29, 1.82) is 0 Å². The van der Waals surface area contributed by atoms with Gasteiger partial charge in [0.2, 0.25) is 0 Å². The standard InChI is InChI=1S/C11H15BrN2O2S2/c12-9-3-6-17-11(9)18(15,16)13-10-7-14-4-1-8(10)2-5-14/h3,6,8,10,13H,1-2,4-5,7H2. The van der Waals surface area contributed by atoms with Crippen LogP contribution in [0.4, 0.5) is 0 Å². The molecule has 3 aliphatic heterocycles. The molecule has 18 heavy (non-hydrogen) atoms. The fourth-order valence-corrected chi connectivity index (χ4v) is 6.47. The minimum atomic E-state index is -3.37. The molecule has 0 aliphatic carbocycles. The zero-order valence-electron chi connectivity index (χ0n) is 9.80. The normalized spacial score (nSPS) is 31.7. The van der Waals surface area contributed by atoms with Gasteiger partial charge in [-0.15, -0.1) is 11.3 Å². The molecule has 0 spiro atoms. The molecule has 1 aromatic heterocycles. The van der Waals surface area contributed by atoms with E-state index in [1.54, 1.807) is 11.4 Å². The summed E-state index contributed by atoms with van der Waals surface area (Å²) < 4.78 is 28.5. The van der Waals surface area contributed by atoms with E-state index in [1.807, 2.05) is 0 Å². The van der Waals surface area contributed by atoms with Crippen LogP contribution in [0.25, 0.3) is 0 Å². The first-order valence-corrected chi connectivity index (χ1v) is 9.19. The number of nitrogens with one attached hydrogen (secondary N) is 1. The number of rotatable bonds is 3. The van der Waals surface area contributed by atoms with Crippen molar-refractivity contribution in [2.45, 2.75) is 23.1 Å². The van der Waals surface area contributed by atoms with Gasteiger partial charge in [0.15, 0.2) is 0 Å². The molecule has 7 heteroatoms. The van der Waals surface area contributed by atoms with Crippen molar-refractivity contribution in [2.24, 2.45) is 5.92 Å². The van der Waals surface area contributed by atoms with Gasteiger partial charge in [-0.3, -0.25) is 0 Å². The van der Waals surface area contributed by atoms with E-state index in [4.69, 9.17) is 0 Å². The Bertz CT molecular complexity index is 535. The van der Waals surface area contributed by atoms with Gasteiger partial charge in [-0.05, 0) is 59.2 Å². The lowest BCUT2D eigenvalue weighted by molar-refractivity contribution is 0.0827.